The molecule has 3 unspecified atom stereocenters. The van der Waals surface area contributed by atoms with Crippen LogP contribution in [-0.4, -0.2) is 0 Å². The van der Waals surface area contributed by atoms with Crippen LogP contribution in [0.25, 0.3) is 12.2 Å². The van der Waals surface area contributed by atoms with Crippen LogP contribution in [0.5, 0.6) is 0 Å². The highest BCUT2D eigenvalue weighted by atomic mass is 14.2. The molecule has 2 rings (SSSR count). The normalized spacial score (nSPS) is 14.0. The first-order valence-electron chi connectivity index (χ1n) is 15.7. The summed E-state index contributed by atoms with van der Waals surface area (Å²) in [5.74, 6) is 3.99. The van der Waals surface area contributed by atoms with Crippen molar-refractivity contribution in [2.75, 3.05) is 0 Å². The summed E-state index contributed by atoms with van der Waals surface area (Å²) >= 11 is 0. The van der Waals surface area contributed by atoms with Gasteiger partial charge in [-0.3, -0.25) is 0 Å². The van der Waals surface area contributed by atoms with Crippen molar-refractivity contribution in [3.63, 3.8) is 0 Å². The predicted molar refractivity (Wildman–Crippen MR) is 172 cm³/mol. The van der Waals surface area contributed by atoms with Gasteiger partial charge in [-0.15, -0.1) is 0 Å². The zero-order chi connectivity index (χ0) is 27.8. The van der Waals surface area contributed by atoms with E-state index in [1.807, 2.05) is 12.2 Å². The lowest BCUT2D eigenvalue weighted by Gasteiger charge is -2.25. The van der Waals surface area contributed by atoms with Crippen LogP contribution < -0.4 is 0 Å². The lowest BCUT2D eigenvalue weighted by molar-refractivity contribution is 0.311. The largest absolute Gasteiger partial charge is 0.0985 e. The van der Waals surface area contributed by atoms with Crippen LogP contribution in [0.1, 0.15) is 121 Å². The molecule has 0 saturated heterocycles. The Morgan fingerprint density at radius 1 is 0.526 bits per heavy atom. The second-order valence-electron chi connectivity index (χ2n) is 12.8. The molecule has 0 radical (unpaired) electrons. The maximum atomic E-state index is 3.91. The number of hydrogen-bond acceptors (Lipinski definition) is 0. The monoisotopic (exact) mass is 514 g/mol. The Bertz CT molecular complexity index is 831. The molecule has 0 heterocycles. The summed E-state index contributed by atoms with van der Waals surface area (Å²) in [7, 11) is 0. The Morgan fingerprint density at radius 3 is 1.32 bits per heavy atom. The van der Waals surface area contributed by atoms with E-state index in [1.165, 1.54) is 86.5 Å². The second kappa shape index (κ2) is 18.3. The van der Waals surface area contributed by atoms with Crippen molar-refractivity contribution in [1.29, 1.82) is 0 Å². The van der Waals surface area contributed by atoms with Gasteiger partial charge in [0.15, 0.2) is 0 Å². The van der Waals surface area contributed by atoms with E-state index in [0.717, 1.165) is 30.6 Å². The summed E-state index contributed by atoms with van der Waals surface area (Å²) in [5.41, 5.74) is 5.30. The molecule has 0 fully saturated rings. The van der Waals surface area contributed by atoms with Crippen LogP contribution in [0.4, 0.5) is 0 Å². The average molecular weight is 515 g/mol. The van der Waals surface area contributed by atoms with Gasteiger partial charge in [0.2, 0.25) is 0 Å². The molecule has 0 aliphatic carbocycles. The maximum absolute atomic E-state index is 3.91. The highest BCUT2D eigenvalue weighted by Gasteiger charge is 2.19. The van der Waals surface area contributed by atoms with E-state index < -0.39 is 0 Å². The number of hydrogen-bond donors (Lipinski definition) is 0. The van der Waals surface area contributed by atoms with Gasteiger partial charge in [0, 0.05) is 0 Å². The maximum Gasteiger partial charge on any atom is -0.0245 e. The van der Waals surface area contributed by atoms with Gasteiger partial charge >= 0.3 is 0 Å². The molecule has 0 bridgehead atoms. The first-order chi connectivity index (χ1) is 18.3. The molecule has 0 aromatic heterocycles. The molecule has 0 aliphatic heterocycles. The zero-order valence-corrected chi connectivity index (χ0v) is 25.6. The Balaban J connectivity index is 1.79. The summed E-state index contributed by atoms with van der Waals surface area (Å²) in [5, 5.41) is 0. The third-order valence-corrected chi connectivity index (χ3v) is 8.71. The number of benzene rings is 2. The van der Waals surface area contributed by atoms with Crippen LogP contribution in [-0.2, 0) is 12.8 Å². The molecule has 0 spiro atoms. The van der Waals surface area contributed by atoms with Crippen LogP contribution in [0.3, 0.4) is 0 Å². The minimum Gasteiger partial charge on any atom is -0.0985 e. The quantitative estimate of drug-likeness (QED) is 0.154. The Hall–Kier alpha value is -2.08. The molecule has 38 heavy (non-hydrogen) atoms. The van der Waals surface area contributed by atoms with Crippen molar-refractivity contribution in [2.24, 2.45) is 29.6 Å². The van der Waals surface area contributed by atoms with Crippen LogP contribution in [0, 0.1) is 29.6 Å². The van der Waals surface area contributed by atoms with Gasteiger partial charge in [-0.25, -0.2) is 0 Å². The minimum absolute atomic E-state index is 0.659. The third kappa shape index (κ3) is 13.1. The van der Waals surface area contributed by atoms with Crippen molar-refractivity contribution < 1.29 is 0 Å². The summed E-state index contributed by atoms with van der Waals surface area (Å²) in [4.78, 5) is 0. The molecule has 0 aliphatic rings. The Kier molecular flexibility index (Phi) is 15.4. The average Bonchev–Trinajstić information content (AvgIpc) is 2.91. The van der Waals surface area contributed by atoms with Gasteiger partial charge < -0.3 is 0 Å². The summed E-state index contributed by atoms with van der Waals surface area (Å²) in [6.45, 7) is 19.9. The first kappa shape index (κ1) is 32.1. The number of unbranched alkanes of at least 4 members (excludes halogenated alkanes) is 1. The summed E-state index contributed by atoms with van der Waals surface area (Å²) < 4.78 is 0. The molecule has 210 valence electrons. The Labute approximate surface area is 237 Å². The highest BCUT2D eigenvalue weighted by Crippen LogP contribution is 2.28. The molecular weight excluding hydrogens is 456 g/mol. The second-order valence-corrected chi connectivity index (χ2v) is 12.8. The standard InChI is InChI=1S/C38H58/c1-8-34-20-24-36(25-21-34)28-38(29-37-26-22-35(9-2)23-27-37)33(7)19-13-18-32(6)16-11-10-15-31(5)17-12-14-30(3)4/h8-9,20-27,30-33,38H,1-2,10-19,28-29H2,3-7H3. The van der Waals surface area contributed by atoms with Gasteiger partial charge in [0.25, 0.3) is 0 Å². The molecule has 0 amide bonds. The molecule has 0 nitrogen and oxygen atoms in total. The summed E-state index contributed by atoms with van der Waals surface area (Å²) in [6, 6.07) is 18.0. The number of rotatable bonds is 20. The summed E-state index contributed by atoms with van der Waals surface area (Å²) in [6.07, 6.45) is 20.1. The molecule has 3 atom stereocenters. The highest BCUT2D eigenvalue weighted by molar-refractivity contribution is 5.48. The van der Waals surface area contributed by atoms with E-state index in [2.05, 4.69) is 96.3 Å². The first-order valence-corrected chi connectivity index (χ1v) is 15.7. The van der Waals surface area contributed by atoms with Gasteiger partial charge in [-0.2, -0.15) is 0 Å². The van der Waals surface area contributed by atoms with E-state index in [-0.39, 0.29) is 0 Å². The minimum atomic E-state index is 0.659. The van der Waals surface area contributed by atoms with Gasteiger partial charge in [0.1, 0.15) is 0 Å². The zero-order valence-electron chi connectivity index (χ0n) is 25.6. The van der Waals surface area contributed by atoms with Gasteiger partial charge in [-0.1, -0.05) is 173 Å². The van der Waals surface area contributed by atoms with Crippen molar-refractivity contribution in [1.82, 2.24) is 0 Å². The lowest BCUT2D eigenvalue weighted by atomic mass is 9.80. The van der Waals surface area contributed by atoms with E-state index in [1.54, 1.807) is 0 Å². The van der Waals surface area contributed by atoms with Crippen LogP contribution >= 0.6 is 0 Å². The van der Waals surface area contributed by atoms with E-state index in [9.17, 15) is 0 Å². The van der Waals surface area contributed by atoms with E-state index >= 15 is 0 Å². The van der Waals surface area contributed by atoms with Crippen molar-refractivity contribution in [2.45, 2.75) is 112 Å². The molecule has 0 heteroatoms. The Morgan fingerprint density at radius 2 is 0.921 bits per heavy atom. The molecule has 2 aromatic carbocycles. The van der Waals surface area contributed by atoms with Gasteiger partial charge in [0.05, 0.1) is 0 Å². The third-order valence-electron chi connectivity index (χ3n) is 8.71. The fourth-order valence-corrected chi connectivity index (χ4v) is 5.83. The van der Waals surface area contributed by atoms with Gasteiger partial charge in [-0.05, 0) is 64.7 Å². The topological polar surface area (TPSA) is 0 Å². The van der Waals surface area contributed by atoms with Crippen LogP contribution in [0.2, 0.25) is 0 Å². The molecule has 2 aromatic rings. The fraction of sp³-hybridized carbons (Fsp3) is 0.579. The molecule has 0 N–H and O–H groups in total. The van der Waals surface area contributed by atoms with E-state index in [0.29, 0.717) is 11.8 Å². The lowest BCUT2D eigenvalue weighted by Crippen LogP contribution is -2.18. The van der Waals surface area contributed by atoms with E-state index in [4.69, 9.17) is 0 Å². The van der Waals surface area contributed by atoms with Crippen LogP contribution in [0.15, 0.2) is 61.7 Å². The SMILES string of the molecule is C=Cc1ccc(CC(Cc2ccc(C=C)cc2)C(C)CCCC(C)CCCCC(C)CCCC(C)C)cc1. The fourth-order valence-electron chi connectivity index (χ4n) is 5.83. The van der Waals surface area contributed by atoms with Crippen molar-refractivity contribution >= 4 is 12.2 Å². The predicted octanol–water partition coefficient (Wildman–Crippen LogP) is 11.8. The van der Waals surface area contributed by atoms with Crippen molar-refractivity contribution in [3.05, 3.63) is 83.9 Å². The molecule has 0 saturated carbocycles. The van der Waals surface area contributed by atoms with Crippen molar-refractivity contribution in [3.8, 4) is 0 Å². The smallest absolute Gasteiger partial charge is 0.0245 e. The molecular formula is C38H58.